The molecule has 0 spiro atoms. The molecule has 0 aliphatic heterocycles. The molecule has 2 aromatic heterocycles. The SMILES string of the molecule is CCOC(=O)c1cc(OC)nn1-c1ncc(Cl)cc1Cl. The fourth-order valence-corrected chi connectivity index (χ4v) is 1.99. The van der Waals surface area contributed by atoms with Crippen molar-refractivity contribution in [3.05, 3.63) is 34.1 Å². The van der Waals surface area contributed by atoms with Crippen molar-refractivity contribution in [2.75, 3.05) is 13.7 Å². The highest BCUT2D eigenvalue weighted by Gasteiger charge is 2.20. The predicted octanol–water partition coefficient (Wildman–Crippen LogP) is 2.76. The molecule has 0 bridgehead atoms. The number of carbonyl (C=O) groups excluding carboxylic acids is 1. The van der Waals surface area contributed by atoms with Crippen LogP contribution in [-0.2, 0) is 4.74 Å². The zero-order valence-electron chi connectivity index (χ0n) is 10.8. The normalized spacial score (nSPS) is 10.4. The van der Waals surface area contributed by atoms with E-state index in [1.54, 1.807) is 6.92 Å². The van der Waals surface area contributed by atoms with E-state index >= 15 is 0 Å². The molecule has 0 N–H and O–H groups in total. The molecule has 0 aliphatic carbocycles. The Kier molecular flexibility index (Phi) is 4.46. The molecule has 0 amide bonds. The van der Waals surface area contributed by atoms with Crippen molar-refractivity contribution in [3.8, 4) is 11.7 Å². The Morgan fingerprint density at radius 2 is 2.15 bits per heavy atom. The molecule has 0 saturated heterocycles. The number of pyridine rings is 1. The highest BCUT2D eigenvalue weighted by Crippen LogP contribution is 2.24. The topological polar surface area (TPSA) is 66.2 Å². The van der Waals surface area contributed by atoms with E-state index in [0.717, 1.165) is 0 Å². The number of hydrogen-bond donors (Lipinski definition) is 0. The van der Waals surface area contributed by atoms with Crippen LogP contribution in [0, 0.1) is 0 Å². The maximum atomic E-state index is 11.9. The van der Waals surface area contributed by atoms with Gasteiger partial charge in [0, 0.05) is 12.3 Å². The smallest absolute Gasteiger partial charge is 0.357 e. The molecule has 0 aliphatic rings. The molecule has 0 fully saturated rings. The number of rotatable bonds is 4. The van der Waals surface area contributed by atoms with Crippen molar-refractivity contribution in [3.63, 3.8) is 0 Å². The summed E-state index contributed by atoms with van der Waals surface area (Å²) < 4.78 is 11.2. The van der Waals surface area contributed by atoms with E-state index in [-0.39, 0.29) is 29.0 Å². The van der Waals surface area contributed by atoms with Crippen LogP contribution in [0.1, 0.15) is 17.4 Å². The fourth-order valence-electron chi connectivity index (χ4n) is 1.53. The van der Waals surface area contributed by atoms with Crippen LogP contribution in [0.2, 0.25) is 10.0 Å². The van der Waals surface area contributed by atoms with Gasteiger partial charge in [-0.3, -0.25) is 0 Å². The monoisotopic (exact) mass is 315 g/mol. The minimum Gasteiger partial charge on any atom is -0.480 e. The van der Waals surface area contributed by atoms with Gasteiger partial charge < -0.3 is 9.47 Å². The van der Waals surface area contributed by atoms with E-state index in [4.69, 9.17) is 32.7 Å². The minimum absolute atomic E-state index is 0.167. The Bertz CT molecular complexity index is 643. The number of esters is 1. The molecule has 6 nitrogen and oxygen atoms in total. The van der Waals surface area contributed by atoms with Gasteiger partial charge in [0.05, 0.1) is 23.8 Å². The lowest BCUT2D eigenvalue weighted by molar-refractivity contribution is 0.0515. The number of nitrogens with zero attached hydrogens (tertiary/aromatic N) is 3. The third-order valence-electron chi connectivity index (χ3n) is 2.37. The van der Waals surface area contributed by atoms with Crippen LogP contribution >= 0.6 is 23.2 Å². The van der Waals surface area contributed by atoms with Crippen LogP contribution in [0.5, 0.6) is 5.88 Å². The van der Waals surface area contributed by atoms with Crippen LogP contribution < -0.4 is 4.74 Å². The van der Waals surface area contributed by atoms with Crippen molar-refractivity contribution in [1.29, 1.82) is 0 Å². The molecular formula is C12H11Cl2N3O3. The first-order valence-corrected chi connectivity index (χ1v) is 6.45. The molecule has 20 heavy (non-hydrogen) atoms. The van der Waals surface area contributed by atoms with Gasteiger partial charge in [0.2, 0.25) is 5.88 Å². The lowest BCUT2D eigenvalue weighted by Gasteiger charge is -2.07. The van der Waals surface area contributed by atoms with Crippen LogP contribution in [0.3, 0.4) is 0 Å². The lowest BCUT2D eigenvalue weighted by atomic mass is 10.4. The van der Waals surface area contributed by atoms with Crippen LogP contribution in [0.15, 0.2) is 18.3 Å². The summed E-state index contributed by atoms with van der Waals surface area (Å²) >= 11 is 11.9. The summed E-state index contributed by atoms with van der Waals surface area (Å²) in [6, 6.07) is 2.96. The predicted molar refractivity (Wildman–Crippen MR) is 73.9 cm³/mol. The second-order valence-electron chi connectivity index (χ2n) is 3.66. The average molecular weight is 316 g/mol. The lowest BCUT2D eigenvalue weighted by Crippen LogP contribution is -2.13. The maximum Gasteiger partial charge on any atom is 0.357 e. The third-order valence-corrected chi connectivity index (χ3v) is 2.85. The second kappa shape index (κ2) is 6.11. The van der Waals surface area contributed by atoms with Gasteiger partial charge in [-0.1, -0.05) is 23.2 Å². The van der Waals surface area contributed by atoms with Crippen molar-refractivity contribution in [1.82, 2.24) is 14.8 Å². The van der Waals surface area contributed by atoms with E-state index in [1.165, 1.54) is 30.1 Å². The van der Waals surface area contributed by atoms with Gasteiger partial charge in [-0.05, 0) is 13.0 Å². The average Bonchev–Trinajstić information content (AvgIpc) is 2.83. The summed E-state index contributed by atoms with van der Waals surface area (Å²) in [5, 5.41) is 4.74. The van der Waals surface area contributed by atoms with E-state index in [0.29, 0.717) is 5.02 Å². The van der Waals surface area contributed by atoms with Crippen molar-refractivity contribution < 1.29 is 14.3 Å². The van der Waals surface area contributed by atoms with Crippen molar-refractivity contribution in [2.24, 2.45) is 0 Å². The van der Waals surface area contributed by atoms with Gasteiger partial charge in [0.1, 0.15) is 0 Å². The Labute approximate surface area is 125 Å². The molecule has 2 heterocycles. The van der Waals surface area contributed by atoms with Crippen LogP contribution in [0.25, 0.3) is 5.82 Å². The quantitative estimate of drug-likeness (QED) is 0.812. The Morgan fingerprint density at radius 3 is 2.75 bits per heavy atom. The van der Waals surface area contributed by atoms with Gasteiger partial charge in [-0.25, -0.2) is 14.5 Å². The van der Waals surface area contributed by atoms with Gasteiger partial charge >= 0.3 is 5.97 Å². The van der Waals surface area contributed by atoms with Gasteiger partial charge in [0.25, 0.3) is 0 Å². The first-order chi connectivity index (χ1) is 9.56. The van der Waals surface area contributed by atoms with Gasteiger partial charge in [0.15, 0.2) is 11.5 Å². The first-order valence-electron chi connectivity index (χ1n) is 5.69. The minimum atomic E-state index is -0.545. The number of halogens is 2. The summed E-state index contributed by atoms with van der Waals surface area (Å²) in [4.78, 5) is 16.0. The summed E-state index contributed by atoms with van der Waals surface area (Å²) in [5.41, 5.74) is 0.167. The van der Waals surface area contributed by atoms with E-state index in [9.17, 15) is 4.79 Å². The highest BCUT2D eigenvalue weighted by molar-refractivity contribution is 6.35. The number of aromatic nitrogens is 3. The zero-order chi connectivity index (χ0) is 14.7. The third kappa shape index (κ3) is 2.86. The molecule has 0 saturated carbocycles. The van der Waals surface area contributed by atoms with E-state index in [2.05, 4.69) is 10.1 Å². The zero-order valence-corrected chi connectivity index (χ0v) is 12.3. The summed E-state index contributed by atoms with van der Waals surface area (Å²) in [6.45, 7) is 1.96. The highest BCUT2D eigenvalue weighted by atomic mass is 35.5. The molecule has 8 heteroatoms. The number of carbonyl (C=O) groups is 1. The maximum absolute atomic E-state index is 11.9. The van der Waals surface area contributed by atoms with Crippen LogP contribution in [-0.4, -0.2) is 34.5 Å². The number of methoxy groups -OCH3 is 1. The molecule has 0 unspecified atom stereocenters. The molecule has 106 valence electrons. The molecular weight excluding hydrogens is 305 g/mol. The largest absolute Gasteiger partial charge is 0.480 e. The number of hydrogen-bond acceptors (Lipinski definition) is 5. The van der Waals surface area contributed by atoms with E-state index in [1.807, 2.05) is 0 Å². The second-order valence-corrected chi connectivity index (χ2v) is 4.51. The Balaban J connectivity index is 2.54. The summed E-state index contributed by atoms with van der Waals surface area (Å²) in [5.74, 6) is -0.0283. The molecule has 0 radical (unpaired) electrons. The molecule has 2 aromatic rings. The summed E-state index contributed by atoms with van der Waals surface area (Å²) in [6.07, 6.45) is 1.41. The Hall–Kier alpha value is -1.79. The Morgan fingerprint density at radius 1 is 1.40 bits per heavy atom. The van der Waals surface area contributed by atoms with Crippen molar-refractivity contribution in [2.45, 2.75) is 6.92 Å². The van der Waals surface area contributed by atoms with Crippen LogP contribution in [0.4, 0.5) is 0 Å². The molecule has 0 atom stereocenters. The standard InChI is InChI=1S/C12H11Cl2N3O3/c1-3-20-12(18)9-5-10(19-2)16-17(9)11-8(14)4-7(13)6-15-11/h4-6H,3H2,1-2H3. The van der Waals surface area contributed by atoms with Gasteiger partial charge in [-0.2, -0.15) is 0 Å². The van der Waals surface area contributed by atoms with Gasteiger partial charge in [-0.15, -0.1) is 5.10 Å². The fraction of sp³-hybridized carbons (Fsp3) is 0.250. The number of ether oxygens (including phenoxy) is 2. The molecule has 2 rings (SSSR count). The first kappa shape index (κ1) is 14.6. The van der Waals surface area contributed by atoms with E-state index < -0.39 is 5.97 Å². The molecule has 0 aromatic carbocycles. The van der Waals surface area contributed by atoms with Crippen molar-refractivity contribution >= 4 is 29.2 Å². The summed E-state index contributed by atoms with van der Waals surface area (Å²) in [7, 11) is 1.44.